The van der Waals surface area contributed by atoms with Crippen molar-refractivity contribution in [1.29, 1.82) is 0 Å². The van der Waals surface area contributed by atoms with E-state index in [1.54, 1.807) is 0 Å². The van der Waals surface area contributed by atoms with Crippen LogP contribution in [0.3, 0.4) is 0 Å². The summed E-state index contributed by atoms with van der Waals surface area (Å²) >= 11 is 0. The highest BCUT2D eigenvalue weighted by Crippen LogP contribution is 2.53. The Balaban J connectivity index is 2.00. The zero-order valence-electron chi connectivity index (χ0n) is 12.1. The Morgan fingerprint density at radius 1 is 1.14 bits per heavy atom. The maximum Gasteiger partial charge on any atom is 0.411 e. The van der Waals surface area contributed by atoms with Crippen LogP contribution in [0.5, 0.6) is 0 Å². The molecule has 0 N–H and O–H groups in total. The molecule has 2 aliphatic rings. The van der Waals surface area contributed by atoms with E-state index >= 15 is 0 Å². The minimum atomic E-state index is -4.40. The van der Waals surface area contributed by atoms with E-state index in [1.165, 1.54) is 7.05 Å². The van der Waals surface area contributed by atoms with E-state index in [9.17, 15) is 26.4 Å². The second-order valence-electron chi connectivity index (χ2n) is 6.23. The Morgan fingerprint density at radius 2 is 1.62 bits per heavy atom. The maximum atomic E-state index is 13.0. The number of carbonyl (C=O) groups is 1. The second kappa shape index (κ2) is 5.14. The SMILES string of the molecule is CN(C(=O)C1CCC(S(C)(=O)=O)CC1)C1(C(F)(F)F)CC1. The molecule has 2 rings (SSSR count). The van der Waals surface area contributed by atoms with Gasteiger partial charge in [0.05, 0.1) is 5.25 Å². The molecule has 0 saturated heterocycles. The zero-order valence-corrected chi connectivity index (χ0v) is 12.9. The van der Waals surface area contributed by atoms with E-state index in [-0.39, 0.29) is 12.8 Å². The van der Waals surface area contributed by atoms with Crippen LogP contribution in [0.25, 0.3) is 0 Å². The number of carbonyl (C=O) groups excluding carboxylic acids is 1. The van der Waals surface area contributed by atoms with Crippen LogP contribution >= 0.6 is 0 Å². The lowest BCUT2D eigenvalue weighted by Crippen LogP contribution is -2.51. The predicted octanol–water partition coefficient (Wildman–Crippen LogP) is 2.14. The molecule has 0 unspecified atom stereocenters. The number of nitrogens with zero attached hydrogens (tertiary/aromatic N) is 1. The van der Waals surface area contributed by atoms with Gasteiger partial charge in [-0.2, -0.15) is 13.2 Å². The van der Waals surface area contributed by atoms with Crippen molar-refractivity contribution >= 4 is 15.7 Å². The van der Waals surface area contributed by atoms with Gasteiger partial charge in [-0.15, -0.1) is 0 Å². The van der Waals surface area contributed by atoms with Gasteiger partial charge in [-0.1, -0.05) is 0 Å². The molecule has 0 heterocycles. The number of hydrogen-bond donors (Lipinski definition) is 0. The van der Waals surface area contributed by atoms with Crippen molar-refractivity contribution in [3.05, 3.63) is 0 Å². The summed E-state index contributed by atoms with van der Waals surface area (Å²) in [5, 5.41) is -0.468. The van der Waals surface area contributed by atoms with Gasteiger partial charge in [0.1, 0.15) is 15.4 Å². The molecule has 0 atom stereocenters. The molecule has 0 spiro atoms. The minimum absolute atomic E-state index is 0.0442. The Hall–Kier alpha value is -0.790. The van der Waals surface area contributed by atoms with E-state index in [4.69, 9.17) is 0 Å². The number of rotatable bonds is 3. The van der Waals surface area contributed by atoms with Gasteiger partial charge in [0, 0.05) is 19.2 Å². The Kier molecular flexibility index (Phi) is 4.06. The smallest absolute Gasteiger partial charge is 0.331 e. The first-order valence-corrected chi connectivity index (χ1v) is 8.98. The fraction of sp³-hybridized carbons (Fsp3) is 0.923. The quantitative estimate of drug-likeness (QED) is 0.798. The molecule has 21 heavy (non-hydrogen) atoms. The van der Waals surface area contributed by atoms with Crippen molar-refractivity contribution in [2.24, 2.45) is 5.92 Å². The van der Waals surface area contributed by atoms with Gasteiger partial charge in [0.2, 0.25) is 5.91 Å². The summed E-state index contributed by atoms with van der Waals surface area (Å²) in [6.07, 6.45) is -1.95. The topological polar surface area (TPSA) is 54.5 Å². The molecule has 0 aromatic rings. The highest BCUT2D eigenvalue weighted by molar-refractivity contribution is 7.91. The first-order valence-electron chi connectivity index (χ1n) is 7.02. The Morgan fingerprint density at radius 3 is 1.95 bits per heavy atom. The minimum Gasteiger partial charge on any atom is -0.331 e. The number of alkyl halides is 3. The van der Waals surface area contributed by atoms with E-state index in [2.05, 4.69) is 0 Å². The lowest BCUT2D eigenvalue weighted by Gasteiger charge is -2.35. The maximum absolute atomic E-state index is 13.0. The van der Waals surface area contributed by atoms with Gasteiger partial charge < -0.3 is 4.90 Å². The number of sulfone groups is 1. The van der Waals surface area contributed by atoms with E-state index < -0.39 is 38.6 Å². The van der Waals surface area contributed by atoms with Crippen molar-refractivity contribution < 1.29 is 26.4 Å². The van der Waals surface area contributed by atoms with E-state index in [1.807, 2.05) is 0 Å². The van der Waals surface area contributed by atoms with Crippen molar-refractivity contribution in [2.75, 3.05) is 13.3 Å². The van der Waals surface area contributed by atoms with Gasteiger partial charge in [-0.05, 0) is 38.5 Å². The van der Waals surface area contributed by atoms with Gasteiger partial charge in [0.15, 0.2) is 0 Å². The van der Waals surface area contributed by atoms with Crippen LogP contribution in [-0.4, -0.2) is 49.5 Å². The monoisotopic (exact) mass is 327 g/mol. The largest absolute Gasteiger partial charge is 0.411 e. The summed E-state index contributed by atoms with van der Waals surface area (Å²) in [6.45, 7) is 0. The summed E-state index contributed by atoms with van der Waals surface area (Å²) in [5.74, 6) is -0.996. The summed E-state index contributed by atoms with van der Waals surface area (Å²) in [4.78, 5) is 13.1. The molecular formula is C13H20F3NO3S. The fourth-order valence-electron chi connectivity index (χ4n) is 3.15. The summed E-state index contributed by atoms with van der Waals surface area (Å²) < 4.78 is 62.0. The Labute approximate surface area is 122 Å². The first-order chi connectivity index (χ1) is 9.49. The van der Waals surface area contributed by atoms with Crippen LogP contribution in [0.4, 0.5) is 13.2 Å². The molecular weight excluding hydrogens is 307 g/mol. The van der Waals surface area contributed by atoms with Crippen LogP contribution < -0.4 is 0 Å². The molecule has 8 heteroatoms. The van der Waals surface area contributed by atoms with Gasteiger partial charge in [-0.25, -0.2) is 8.42 Å². The summed E-state index contributed by atoms with van der Waals surface area (Å²) in [5.41, 5.74) is -1.99. The molecule has 0 radical (unpaired) electrons. The van der Waals surface area contributed by atoms with Crippen LogP contribution in [0.1, 0.15) is 38.5 Å². The Bertz CT molecular complexity index is 517. The molecule has 0 aromatic carbocycles. The normalized spacial score (nSPS) is 29.0. The second-order valence-corrected chi connectivity index (χ2v) is 8.56. The average Bonchev–Trinajstić information content (AvgIpc) is 3.17. The van der Waals surface area contributed by atoms with E-state index in [0.29, 0.717) is 25.7 Å². The highest BCUT2D eigenvalue weighted by Gasteiger charge is 2.67. The van der Waals surface area contributed by atoms with Gasteiger partial charge in [-0.3, -0.25) is 4.79 Å². The van der Waals surface area contributed by atoms with Crippen molar-refractivity contribution in [3.8, 4) is 0 Å². The molecule has 2 aliphatic carbocycles. The van der Waals surface area contributed by atoms with Crippen molar-refractivity contribution in [2.45, 2.75) is 55.5 Å². The molecule has 1 amide bonds. The molecule has 0 aromatic heterocycles. The van der Waals surface area contributed by atoms with E-state index in [0.717, 1.165) is 11.2 Å². The lowest BCUT2D eigenvalue weighted by atomic mass is 9.87. The van der Waals surface area contributed by atoms with Crippen LogP contribution in [-0.2, 0) is 14.6 Å². The van der Waals surface area contributed by atoms with Crippen LogP contribution in [0.15, 0.2) is 0 Å². The number of hydrogen-bond acceptors (Lipinski definition) is 3. The van der Waals surface area contributed by atoms with Crippen molar-refractivity contribution in [3.63, 3.8) is 0 Å². The predicted molar refractivity (Wildman–Crippen MR) is 71.4 cm³/mol. The standard InChI is InChI=1S/C13H20F3NO3S/c1-17(12(7-8-12)13(14,15)16)11(18)9-3-5-10(6-4-9)21(2,19)20/h9-10H,3-8H2,1-2H3. The van der Waals surface area contributed by atoms with Crippen molar-refractivity contribution in [1.82, 2.24) is 4.90 Å². The third-order valence-corrected chi connectivity index (χ3v) is 6.54. The number of halogens is 3. The third-order valence-electron chi connectivity index (χ3n) is 4.85. The molecule has 0 aliphatic heterocycles. The molecule has 122 valence electrons. The molecule has 0 bridgehead atoms. The third kappa shape index (κ3) is 3.05. The molecule has 2 saturated carbocycles. The zero-order chi connectivity index (χ0) is 16.1. The fourth-order valence-corrected chi connectivity index (χ4v) is 4.28. The van der Waals surface area contributed by atoms with Gasteiger partial charge >= 0.3 is 6.18 Å². The van der Waals surface area contributed by atoms with Crippen LogP contribution in [0.2, 0.25) is 0 Å². The number of amides is 1. The summed E-state index contributed by atoms with van der Waals surface area (Å²) in [7, 11) is -1.93. The lowest BCUT2D eigenvalue weighted by molar-refractivity contribution is -0.198. The first kappa shape index (κ1) is 16.6. The highest BCUT2D eigenvalue weighted by atomic mass is 32.2. The molecule has 2 fully saturated rings. The van der Waals surface area contributed by atoms with Gasteiger partial charge in [0.25, 0.3) is 0 Å². The summed E-state index contributed by atoms with van der Waals surface area (Å²) in [6, 6.07) is 0. The average molecular weight is 327 g/mol. The molecule has 4 nitrogen and oxygen atoms in total. The van der Waals surface area contributed by atoms with Crippen LogP contribution in [0, 0.1) is 5.92 Å².